The summed E-state index contributed by atoms with van der Waals surface area (Å²) in [5.41, 5.74) is 0. The molecule has 0 heterocycles. The average Bonchev–Trinajstić information content (AvgIpc) is 2.28. The summed E-state index contributed by atoms with van der Waals surface area (Å²) in [6.07, 6.45) is -4.50. The third-order valence-corrected chi connectivity index (χ3v) is 2.96. The van der Waals surface area contributed by atoms with Crippen LogP contribution >= 0.6 is 11.8 Å². The van der Waals surface area contributed by atoms with E-state index in [2.05, 4.69) is 0 Å². The largest absolute Gasteiger partial charge is 0.405 e. The molecule has 0 fully saturated rings. The highest BCUT2D eigenvalue weighted by molar-refractivity contribution is 7.99. The monoisotopic (exact) mass is 281 g/mol. The van der Waals surface area contributed by atoms with Crippen LogP contribution in [0.25, 0.3) is 0 Å². The first-order valence-electron chi connectivity index (χ1n) is 5.09. The van der Waals surface area contributed by atoms with Gasteiger partial charge in [-0.25, -0.2) is 4.39 Å². The lowest BCUT2D eigenvalue weighted by Gasteiger charge is -2.08. The van der Waals surface area contributed by atoms with Crippen molar-refractivity contribution in [1.82, 2.24) is 5.32 Å². The summed E-state index contributed by atoms with van der Waals surface area (Å²) in [6.45, 7) is -1.34. The van der Waals surface area contributed by atoms with E-state index in [1.807, 2.05) is 0 Å². The Morgan fingerprint density at radius 3 is 2.56 bits per heavy atom. The zero-order valence-corrected chi connectivity index (χ0v) is 10.1. The van der Waals surface area contributed by atoms with Crippen molar-refractivity contribution >= 4 is 17.7 Å². The lowest BCUT2D eigenvalue weighted by molar-refractivity contribution is -0.138. The number of hydrogen-bond donors (Lipinski definition) is 1. The van der Waals surface area contributed by atoms with Crippen LogP contribution in [0.2, 0.25) is 0 Å². The molecule has 0 saturated carbocycles. The van der Waals surface area contributed by atoms with E-state index in [4.69, 9.17) is 0 Å². The molecule has 2 nitrogen and oxygen atoms in total. The number of amides is 1. The van der Waals surface area contributed by atoms with Crippen LogP contribution < -0.4 is 5.32 Å². The van der Waals surface area contributed by atoms with E-state index in [1.165, 1.54) is 12.1 Å². The molecule has 1 amide bonds. The zero-order chi connectivity index (χ0) is 13.6. The maximum Gasteiger partial charge on any atom is 0.405 e. The van der Waals surface area contributed by atoms with Crippen molar-refractivity contribution in [3.05, 3.63) is 30.1 Å². The van der Waals surface area contributed by atoms with Crippen LogP contribution in [0.1, 0.15) is 6.42 Å². The Labute approximate surface area is 106 Å². The van der Waals surface area contributed by atoms with Gasteiger partial charge in [-0.15, -0.1) is 11.8 Å². The van der Waals surface area contributed by atoms with Crippen molar-refractivity contribution in [2.45, 2.75) is 17.5 Å². The molecule has 7 heteroatoms. The molecular weight excluding hydrogens is 270 g/mol. The van der Waals surface area contributed by atoms with Gasteiger partial charge in [-0.05, 0) is 12.1 Å². The van der Waals surface area contributed by atoms with Crippen LogP contribution in [0.4, 0.5) is 17.6 Å². The van der Waals surface area contributed by atoms with Crippen LogP contribution in [0.3, 0.4) is 0 Å². The summed E-state index contributed by atoms with van der Waals surface area (Å²) in [5.74, 6) is -0.876. The van der Waals surface area contributed by atoms with Gasteiger partial charge in [-0.2, -0.15) is 13.2 Å². The minimum atomic E-state index is -4.41. The summed E-state index contributed by atoms with van der Waals surface area (Å²) in [7, 11) is 0. The van der Waals surface area contributed by atoms with Gasteiger partial charge in [0.25, 0.3) is 0 Å². The van der Waals surface area contributed by atoms with Gasteiger partial charge in [0.2, 0.25) is 5.91 Å². The zero-order valence-electron chi connectivity index (χ0n) is 9.26. The van der Waals surface area contributed by atoms with Crippen LogP contribution in [0.5, 0.6) is 0 Å². The van der Waals surface area contributed by atoms with Gasteiger partial charge in [-0.3, -0.25) is 4.79 Å². The number of carbonyl (C=O) groups excluding carboxylic acids is 1. The van der Waals surface area contributed by atoms with E-state index in [0.29, 0.717) is 4.90 Å². The van der Waals surface area contributed by atoms with Crippen molar-refractivity contribution in [3.8, 4) is 0 Å². The van der Waals surface area contributed by atoms with Gasteiger partial charge in [0, 0.05) is 17.1 Å². The van der Waals surface area contributed by atoms with Crippen molar-refractivity contribution in [2.75, 3.05) is 12.3 Å². The Morgan fingerprint density at radius 1 is 1.28 bits per heavy atom. The molecular formula is C11H11F4NOS. The van der Waals surface area contributed by atoms with Gasteiger partial charge < -0.3 is 5.32 Å². The van der Waals surface area contributed by atoms with Crippen molar-refractivity contribution in [2.24, 2.45) is 0 Å². The molecule has 0 unspecified atom stereocenters. The standard InChI is InChI=1S/C11H11F4NOS/c12-8-3-1-2-4-9(8)18-6-5-10(17)16-7-11(13,14)15/h1-4H,5-7H2,(H,16,17). The van der Waals surface area contributed by atoms with Gasteiger partial charge in [0.1, 0.15) is 12.4 Å². The smallest absolute Gasteiger partial charge is 0.347 e. The first-order chi connectivity index (χ1) is 8.38. The average molecular weight is 281 g/mol. The Balaban J connectivity index is 2.26. The van der Waals surface area contributed by atoms with Crippen molar-refractivity contribution in [3.63, 3.8) is 0 Å². The molecule has 0 saturated heterocycles. The first-order valence-corrected chi connectivity index (χ1v) is 6.08. The number of alkyl halides is 3. The minimum Gasteiger partial charge on any atom is -0.347 e. The van der Waals surface area contributed by atoms with Crippen LogP contribution in [0, 0.1) is 5.82 Å². The van der Waals surface area contributed by atoms with Crippen LogP contribution in [-0.2, 0) is 4.79 Å². The quantitative estimate of drug-likeness (QED) is 0.664. The number of benzene rings is 1. The molecule has 0 radical (unpaired) electrons. The van der Waals surface area contributed by atoms with E-state index < -0.39 is 24.4 Å². The second-order valence-corrected chi connectivity index (χ2v) is 4.56. The van der Waals surface area contributed by atoms with Gasteiger partial charge in [0.05, 0.1) is 0 Å². The summed E-state index contributed by atoms with van der Waals surface area (Å²) < 4.78 is 48.5. The van der Waals surface area contributed by atoms with Gasteiger partial charge in [-0.1, -0.05) is 12.1 Å². The lowest BCUT2D eigenvalue weighted by Crippen LogP contribution is -2.33. The molecule has 0 aliphatic rings. The van der Waals surface area contributed by atoms with Crippen LogP contribution in [0.15, 0.2) is 29.2 Å². The topological polar surface area (TPSA) is 29.1 Å². The Hall–Kier alpha value is -1.24. The summed E-state index contributed by atoms with van der Waals surface area (Å²) in [5, 5.41) is 1.75. The number of thioether (sulfide) groups is 1. The van der Waals surface area contributed by atoms with Crippen molar-refractivity contribution < 1.29 is 22.4 Å². The number of hydrogen-bond acceptors (Lipinski definition) is 2. The SMILES string of the molecule is O=C(CCSc1ccccc1F)NCC(F)(F)F. The maximum absolute atomic E-state index is 13.1. The molecule has 0 atom stereocenters. The molecule has 0 aromatic heterocycles. The third-order valence-electron chi connectivity index (χ3n) is 1.91. The van der Waals surface area contributed by atoms with E-state index in [0.717, 1.165) is 11.8 Å². The molecule has 0 aliphatic carbocycles. The Bertz CT molecular complexity index is 408. The maximum atomic E-state index is 13.1. The predicted octanol–water partition coefficient (Wildman–Crippen LogP) is 2.99. The molecule has 0 aliphatic heterocycles. The van der Waals surface area contributed by atoms with Gasteiger partial charge in [0.15, 0.2) is 0 Å². The second-order valence-electron chi connectivity index (χ2n) is 3.42. The summed E-state index contributed by atoms with van der Waals surface area (Å²) in [6, 6.07) is 6.02. The number of carbonyl (C=O) groups is 1. The fourth-order valence-corrected chi connectivity index (χ4v) is 1.99. The highest BCUT2D eigenvalue weighted by Gasteiger charge is 2.27. The molecule has 100 valence electrons. The summed E-state index contributed by atoms with van der Waals surface area (Å²) in [4.78, 5) is 11.4. The highest BCUT2D eigenvalue weighted by atomic mass is 32.2. The Morgan fingerprint density at radius 2 is 1.94 bits per heavy atom. The van der Waals surface area contributed by atoms with Crippen LogP contribution in [-0.4, -0.2) is 24.4 Å². The van der Waals surface area contributed by atoms with E-state index in [9.17, 15) is 22.4 Å². The Kier molecular flexibility index (Phi) is 5.46. The minimum absolute atomic E-state index is 0.0882. The molecule has 0 bridgehead atoms. The van der Waals surface area contributed by atoms with Gasteiger partial charge >= 0.3 is 6.18 Å². The lowest BCUT2D eigenvalue weighted by atomic mass is 10.3. The number of halogens is 4. The molecule has 1 N–H and O–H groups in total. The second kappa shape index (κ2) is 6.63. The third kappa shape index (κ3) is 5.90. The molecule has 1 aromatic rings. The van der Waals surface area contributed by atoms with Crippen molar-refractivity contribution in [1.29, 1.82) is 0 Å². The molecule has 0 spiro atoms. The predicted molar refractivity (Wildman–Crippen MR) is 60.8 cm³/mol. The summed E-state index contributed by atoms with van der Waals surface area (Å²) >= 11 is 1.09. The van der Waals surface area contributed by atoms with E-state index >= 15 is 0 Å². The fourth-order valence-electron chi connectivity index (χ4n) is 1.10. The molecule has 1 rings (SSSR count). The molecule has 1 aromatic carbocycles. The first kappa shape index (κ1) is 14.8. The fraction of sp³-hybridized carbons (Fsp3) is 0.364. The van der Waals surface area contributed by atoms with E-state index in [1.54, 1.807) is 17.4 Å². The highest BCUT2D eigenvalue weighted by Crippen LogP contribution is 2.21. The number of rotatable bonds is 5. The number of nitrogens with one attached hydrogen (secondary N) is 1. The molecule has 18 heavy (non-hydrogen) atoms. The normalized spacial score (nSPS) is 11.3. The van der Waals surface area contributed by atoms with E-state index in [-0.39, 0.29) is 12.2 Å².